The fourth-order valence-corrected chi connectivity index (χ4v) is 2.43. The van der Waals surface area contributed by atoms with Crippen molar-refractivity contribution in [2.75, 3.05) is 5.32 Å². The van der Waals surface area contributed by atoms with E-state index < -0.39 is 11.7 Å². The summed E-state index contributed by atoms with van der Waals surface area (Å²) in [5.74, 6) is 1.29. The highest BCUT2D eigenvalue weighted by atomic mass is 79.9. The Kier molecular flexibility index (Phi) is 3.90. The lowest BCUT2D eigenvalue weighted by molar-refractivity contribution is 0.0635. The third-order valence-corrected chi connectivity index (χ3v) is 3.73. The van der Waals surface area contributed by atoms with Crippen LogP contribution in [0.1, 0.15) is 39.3 Å². The summed E-state index contributed by atoms with van der Waals surface area (Å²) < 4.78 is 7.89. The number of aromatic nitrogens is 2. The Hall–Kier alpha value is -1.04. The minimum Gasteiger partial charge on any atom is -0.444 e. The van der Waals surface area contributed by atoms with E-state index in [2.05, 4.69) is 26.3 Å². The van der Waals surface area contributed by atoms with Crippen LogP contribution in [-0.4, -0.2) is 21.5 Å². The minimum atomic E-state index is -0.512. The Morgan fingerprint density at radius 2 is 2.16 bits per heavy atom. The summed E-state index contributed by atoms with van der Waals surface area (Å²) in [5.41, 5.74) is 0.607. The summed E-state index contributed by atoms with van der Waals surface area (Å²) in [4.78, 5) is 11.7. The molecule has 1 aromatic heterocycles. The lowest BCUT2D eigenvalue weighted by Gasteiger charge is -2.19. The van der Waals surface area contributed by atoms with Gasteiger partial charge in [0.15, 0.2) is 5.82 Å². The molecule has 0 saturated heterocycles. The number of hydrogen-bond acceptors (Lipinski definition) is 3. The molecule has 1 N–H and O–H groups in total. The first-order valence-corrected chi connectivity index (χ1v) is 7.27. The minimum absolute atomic E-state index is 0.482. The molecule has 1 heterocycles. The summed E-state index contributed by atoms with van der Waals surface area (Å²) in [6.07, 6.45) is 3.09. The number of aryl methyl sites for hydroxylation is 1. The Morgan fingerprint density at radius 3 is 2.68 bits per heavy atom. The fourth-order valence-electron chi connectivity index (χ4n) is 1.83. The molecule has 19 heavy (non-hydrogen) atoms. The SMILES string of the molecule is Cn1nc(NC(=O)OC(C)(C)C)c(Br)c1CC1CC1. The summed E-state index contributed by atoms with van der Waals surface area (Å²) in [5, 5.41) is 7.00. The molecule has 0 aliphatic heterocycles. The van der Waals surface area contributed by atoms with Crippen molar-refractivity contribution in [3.8, 4) is 0 Å². The van der Waals surface area contributed by atoms with E-state index in [1.54, 1.807) is 0 Å². The maximum Gasteiger partial charge on any atom is 0.413 e. The maximum atomic E-state index is 11.7. The number of rotatable bonds is 3. The number of halogens is 1. The molecular formula is C13H20BrN3O2. The highest BCUT2D eigenvalue weighted by Crippen LogP contribution is 2.36. The third kappa shape index (κ3) is 3.96. The van der Waals surface area contributed by atoms with E-state index in [1.165, 1.54) is 12.8 Å². The quantitative estimate of drug-likeness (QED) is 0.923. The van der Waals surface area contributed by atoms with Gasteiger partial charge in [0.25, 0.3) is 0 Å². The van der Waals surface area contributed by atoms with Crippen molar-refractivity contribution >= 4 is 27.8 Å². The van der Waals surface area contributed by atoms with Crippen LogP contribution in [0.3, 0.4) is 0 Å². The molecule has 0 atom stereocenters. The van der Waals surface area contributed by atoms with Gasteiger partial charge in [0.05, 0.1) is 10.2 Å². The van der Waals surface area contributed by atoms with Gasteiger partial charge in [-0.25, -0.2) is 4.79 Å². The fraction of sp³-hybridized carbons (Fsp3) is 0.692. The number of carbonyl (C=O) groups is 1. The number of ether oxygens (including phenoxy) is 1. The standard InChI is InChI=1S/C13H20BrN3O2/c1-13(2,3)19-12(18)15-11-10(14)9(17(4)16-11)7-8-5-6-8/h8H,5-7H2,1-4H3,(H,15,16,18). The van der Waals surface area contributed by atoms with Gasteiger partial charge in [-0.1, -0.05) is 0 Å². The first-order chi connectivity index (χ1) is 8.76. The Labute approximate surface area is 121 Å². The second-order valence-electron chi connectivity index (χ2n) is 6.01. The van der Waals surface area contributed by atoms with Gasteiger partial charge in [-0.05, 0) is 61.9 Å². The van der Waals surface area contributed by atoms with Gasteiger partial charge in [-0.15, -0.1) is 0 Å². The molecule has 6 heteroatoms. The molecule has 1 fully saturated rings. The summed E-state index contributed by atoms with van der Waals surface area (Å²) in [6, 6.07) is 0. The monoisotopic (exact) mass is 329 g/mol. The molecule has 1 aromatic rings. The number of nitrogens with one attached hydrogen (secondary N) is 1. The second kappa shape index (κ2) is 5.15. The summed E-state index contributed by atoms with van der Waals surface area (Å²) in [7, 11) is 1.89. The van der Waals surface area contributed by atoms with Crippen LogP contribution in [0.4, 0.5) is 10.6 Å². The zero-order chi connectivity index (χ0) is 14.2. The molecule has 106 valence electrons. The molecule has 1 amide bonds. The van der Waals surface area contributed by atoms with Gasteiger partial charge in [0.2, 0.25) is 0 Å². The Bertz CT molecular complexity index is 487. The first-order valence-electron chi connectivity index (χ1n) is 6.47. The van der Waals surface area contributed by atoms with Gasteiger partial charge in [-0.2, -0.15) is 5.10 Å². The molecular weight excluding hydrogens is 310 g/mol. The molecule has 0 aromatic carbocycles. The van der Waals surface area contributed by atoms with Crippen LogP contribution >= 0.6 is 15.9 Å². The average molecular weight is 330 g/mol. The van der Waals surface area contributed by atoms with E-state index in [1.807, 2.05) is 32.5 Å². The second-order valence-corrected chi connectivity index (χ2v) is 6.80. The molecule has 0 spiro atoms. The van der Waals surface area contributed by atoms with Crippen LogP contribution in [0, 0.1) is 5.92 Å². The van der Waals surface area contributed by atoms with Gasteiger partial charge in [-0.3, -0.25) is 10.00 Å². The lowest BCUT2D eigenvalue weighted by Crippen LogP contribution is -2.27. The van der Waals surface area contributed by atoms with Crippen molar-refractivity contribution in [3.63, 3.8) is 0 Å². The van der Waals surface area contributed by atoms with Crippen molar-refractivity contribution in [1.82, 2.24) is 9.78 Å². The van der Waals surface area contributed by atoms with E-state index in [4.69, 9.17) is 4.74 Å². The summed E-state index contributed by atoms with van der Waals surface area (Å²) in [6.45, 7) is 5.50. The van der Waals surface area contributed by atoms with Crippen molar-refractivity contribution in [3.05, 3.63) is 10.2 Å². The van der Waals surface area contributed by atoms with E-state index in [0.717, 1.165) is 22.5 Å². The van der Waals surface area contributed by atoms with Crippen molar-refractivity contribution in [2.24, 2.45) is 13.0 Å². The molecule has 1 aliphatic carbocycles. The zero-order valence-electron chi connectivity index (χ0n) is 11.8. The Morgan fingerprint density at radius 1 is 1.53 bits per heavy atom. The predicted molar refractivity (Wildman–Crippen MR) is 77.2 cm³/mol. The van der Waals surface area contributed by atoms with Crippen LogP contribution in [-0.2, 0) is 18.2 Å². The highest BCUT2D eigenvalue weighted by molar-refractivity contribution is 9.10. The smallest absolute Gasteiger partial charge is 0.413 e. The topological polar surface area (TPSA) is 56.2 Å². The molecule has 0 bridgehead atoms. The largest absolute Gasteiger partial charge is 0.444 e. The van der Waals surface area contributed by atoms with Gasteiger partial charge < -0.3 is 4.74 Å². The normalized spacial score (nSPS) is 15.4. The lowest BCUT2D eigenvalue weighted by atomic mass is 10.2. The van der Waals surface area contributed by atoms with Gasteiger partial charge in [0, 0.05) is 7.05 Å². The number of nitrogens with zero attached hydrogens (tertiary/aromatic N) is 2. The molecule has 0 unspecified atom stereocenters. The van der Waals surface area contributed by atoms with Gasteiger partial charge in [0.1, 0.15) is 5.60 Å². The van der Waals surface area contributed by atoms with E-state index in [-0.39, 0.29) is 0 Å². The predicted octanol–water partition coefficient (Wildman–Crippen LogP) is 3.48. The molecule has 5 nitrogen and oxygen atoms in total. The number of amides is 1. The third-order valence-electron chi connectivity index (χ3n) is 2.90. The van der Waals surface area contributed by atoms with Crippen molar-refractivity contribution in [2.45, 2.75) is 45.6 Å². The molecule has 1 aliphatic rings. The molecule has 1 saturated carbocycles. The van der Waals surface area contributed by atoms with Crippen LogP contribution in [0.15, 0.2) is 4.47 Å². The van der Waals surface area contributed by atoms with E-state index in [0.29, 0.717) is 5.82 Å². The van der Waals surface area contributed by atoms with Gasteiger partial charge >= 0.3 is 6.09 Å². The average Bonchev–Trinajstić information content (AvgIpc) is 3.00. The van der Waals surface area contributed by atoms with E-state index in [9.17, 15) is 4.79 Å². The number of anilines is 1. The Balaban J connectivity index is 2.06. The van der Waals surface area contributed by atoms with Crippen molar-refractivity contribution < 1.29 is 9.53 Å². The van der Waals surface area contributed by atoms with E-state index >= 15 is 0 Å². The van der Waals surface area contributed by atoms with Crippen LogP contribution in [0.25, 0.3) is 0 Å². The number of hydrogen-bond donors (Lipinski definition) is 1. The zero-order valence-corrected chi connectivity index (χ0v) is 13.4. The number of carbonyl (C=O) groups excluding carboxylic acids is 1. The molecule has 0 radical (unpaired) electrons. The van der Waals surface area contributed by atoms with Crippen LogP contribution in [0.5, 0.6) is 0 Å². The highest BCUT2D eigenvalue weighted by Gasteiger charge is 2.26. The van der Waals surface area contributed by atoms with Crippen molar-refractivity contribution in [1.29, 1.82) is 0 Å². The summed E-state index contributed by atoms with van der Waals surface area (Å²) >= 11 is 3.51. The first kappa shape index (κ1) is 14.4. The van der Waals surface area contributed by atoms with Crippen LogP contribution < -0.4 is 5.32 Å². The maximum absolute atomic E-state index is 11.7. The molecule has 2 rings (SSSR count). The van der Waals surface area contributed by atoms with Crippen LogP contribution in [0.2, 0.25) is 0 Å².